The number of hydrogen-bond acceptors (Lipinski definition) is 3. The van der Waals surface area contributed by atoms with Crippen LogP contribution in [0.25, 0.3) is 0 Å². The monoisotopic (exact) mass is 291 g/mol. The molecule has 0 saturated carbocycles. The van der Waals surface area contributed by atoms with Gasteiger partial charge in [-0.3, -0.25) is 0 Å². The molecule has 1 aromatic rings. The minimum Gasteiger partial charge on any atom is -0.491 e. The zero-order valence-corrected chi connectivity index (χ0v) is 13.8. The highest BCUT2D eigenvalue weighted by molar-refractivity contribution is 5.38. The summed E-state index contributed by atoms with van der Waals surface area (Å²) in [5, 5.41) is 3.62. The summed E-state index contributed by atoms with van der Waals surface area (Å²) in [7, 11) is 0. The standard InChI is InChI=1S/C18H29NO2/c1-5-19-17(18(4)12-8-9-13-20-18)15-10-6-7-11-16(15)21-14(2)3/h6-7,10-11,14,17,19H,5,8-9,12-13H2,1-4H3. The minimum absolute atomic E-state index is 0.162. The highest BCUT2D eigenvalue weighted by Gasteiger charge is 2.38. The van der Waals surface area contributed by atoms with E-state index >= 15 is 0 Å². The number of nitrogens with one attached hydrogen (secondary N) is 1. The molecule has 2 rings (SSSR count). The van der Waals surface area contributed by atoms with E-state index in [1.807, 2.05) is 6.07 Å². The molecule has 1 N–H and O–H groups in total. The largest absolute Gasteiger partial charge is 0.491 e. The molecule has 3 nitrogen and oxygen atoms in total. The smallest absolute Gasteiger partial charge is 0.124 e. The first-order valence-corrected chi connectivity index (χ1v) is 8.19. The molecule has 2 atom stereocenters. The first kappa shape index (κ1) is 16.3. The van der Waals surface area contributed by atoms with Crippen LogP contribution in [-0.2, 0) is 4.74 Å². The van der Waals surface area contributed by atoms with Gasteiger partial charge in [0.05, 0.1) is 17.7 Å². The van der Waals surface area contributed by atoms with Crippen LogP contribution in [0.4, 0.5) is 0 Å². The maximum absolute atomic E-state index is 6.18. The fourth-order valence-corrected chi connectivity index (χ4v) is 3.12. The topological polar surface area (TPSA) is 30.5 Å². The molecule has 21 heavy (non-hydrogen) atoms. The number of benzene rings is 1. The van der Waals surface area contributed by atoms with E-state index in [2.05, 4.69) is 51.2 Å². The van der Waals surface area contributed by atoms with Gasteiger partial charge in [-0.25, -0.2) is 0 Å². The van der Waals surface area contributed by atoms with Crippen LogP contribution in [0, 0.1) is 0 Å². The molecule has 1 aliphatic rings. The lowest BCUT2D eigenvalue weighted by atomic mass is 9.83. The fraction of sp³-hybridized carbons (Fsp3) is 0.667. The third kappa shape index (κ3) is 3.98. The van der Waals surface area contributed by atoms with Crippen molar-refractivity contribution >= 4 is 0 Å². The predicted octanol–water partition coefficient (Wildman–Crippen LogP) is 4.08. The zero-order chi connectivity index (χ0) is 15.3. The Balaban J connectivity index is 2.33. The molecule has 3 heteroatoms. The Labute approximate surface area is 129 Å². The van der Waals surface area contributed by atoms with Crippen LogP contribution in [0.3, 0.4) is 0 Å². The Morgan fingerprint density at radius 1 is 1.29 bits per heavy atom. The van der Waals surface area contributed by atoms with E-state index in [9.17, 15) is 0 Å². The predicted molar refractivity (Wildman–Crippen MR) is 86.8 cm³/mol. The lowest BCUT2D eigenvalue weighted by molar-refractivity contribution is -0.0900. The first-order chi connectivity index (χ1) is 10.1. The van der Waals surface area contributed by atoms with Gasteiger partial charge in [-0.2, -0.15) is 0 Å². The van der Waals surface area contributed by atoms with E-state index in [-0.39, 0.29) is 17.7 Å². The summed E-state index contributed by atoms with van der Waals surface area (Å²) in [6, 6.07) is 8.51. The summed E-state index contributed by atoms with van der Waals surface area (Å²) < 4.78 is 12.2. The Morgan fingerprint density at radius 3 is 2.67 bits per heavy atom. The van der Waals surface area contributed by atoms with Gasteiger partial charge in [-0.15, -0.1) is 0 Å². The molecule has 1 aromatic carbocycles. The molecule has 1 saturated heterocycles. The molecule has 1 fully saturated rings. The molecule has 2 unspecified atom stereocenters. The number of likely N-dealkylation sites (N-methyl/N-ethyl adjacent to an activating group) is 1. The van der Waals surface area contributed by atoms with Crippen LogP contribution >= 0.6 is 0 Å². The van der Waals surface area contributed by atoms with Crippen molar-refractivity contribution < 1.29 is 9.47 Å². The van der Waals surface area contributed by atoms with Crippen molar-refractivity contribution in [1.82, 2.24) is 5.32 Å². The Kier molecular flexibility index (Phi) is 5.65. The summed E-state index contributed by atoms with van der Waals surface area (Å²) in [6.07, 6.45) is 3.65. The molecule has 0 amide bonds. The van der Waals surface area contributed by atoms with Gasteiger partial charge >= 0.3 is 0 Å². The van der Waals surface area contributed by atoms with Crippen molar-refractivity contribution in [2.45, 2.75) is 64.7 Å². The Bertz CT molecular complexity index is 439. The van der Waals surface area contributed by atoms with Gasteiger partial charge < -0.3 is 14.8 Å². The second kappa shape index (κ2) is 7.28. The van der Waals surface area contributed by atoms with E-state index in [0.29, 0.717) is 0 Å². The lowest BCUT2D eigenvalue weighted by Gasteiger charge is -2.41. The van der Waals surface area contributed by atoms with Crippen molar-refractivity contribution in [2.75, 3.05) is 13.2 Å². The van der Waals surface area contributed by atoms with Gasteiger partial charge in [0, 0.05) is 12.2 Å². The van der Waals surface area contributed by atoms with Crippen LogP contribution in [0.2, 0.25) is 0 Å². The molecule has 0 spiro atoms. The normalized spacial score (nSPS) is 24.0. The van der Waals surface area contributed by atoms with E-state index in [4.69, 9.17) is 9.47 Å². The first-order valence-electron chi connectivity index (χ1n) is 8.19. The van der Waals surface area contributed by atoms with Crippen molar-refractivity contribution in [3.63, 3.8) is 0 Å². The minimum atomic E-state index is -0.162. The van der Waals surface area contributed by atoms with Crippen molar-refractivity contribution in [1.29, 1.82) is 0 Å². The molecule has 1 aliphatic heterocycles. The zero-order valence-electron chi connectivity index (χ0n) is 13.8. The van der Waals surface area contributed by atoms with Crippen molar-refractivity contribution in [3.8, 4) is 5.75 Å². The maximum Gasteiger partial charge on any atom is 0.124 e. The number of rotatable bonds is 6. The maximum atomic E-state index is 6.18. The molecule has 0 aromatic heterocycles. The number of ether oxygens (including phenoxy) is 2. The van der Waals surface area contributed by atoms with Gasteiger partial charge in [0.15, 0.2) is 0 Å². The Hall–Kier alpha value is -1.06. The van der Waals surface area contributed by atoms with Crippen LogP contribution < -0.4 is 10.1 Å². The quantitative estimate of drug-likeness (QED) is 0.856. The van der Waals surface area contributed by atoms with Crippen LogP contribution in [-0.4, -0.2) is 24.9 Å². The van der Waals surface area contributed by atoms with E-state index in [1.165, 1.54) is 18.4 Å². The summed E-state index contributed by atoms with van der Waals surface area (Å²) in [4.78, 5) is 0. The molecular formula is C18H29NO2. The molecule has 0 aliphatic carbocycles. The summed E-state index contributed by atoms with van der Waals surface area (Å²) in [6.45, 7) is 10.3. The van der Waals surface area contributed by atoms with Gasteiger partial charge in [0.1, 0.15) is 5.75 Å². The number of hydrogen-bond donors (Lipinski definition) is 1. The third-order valence-corrected chi connectivity index (χ3v) is 4.11. The van der Waals surface area contributed by atoms with Crippen LogP contribution in [0.5, 0.6) is 5.75 Å². The second-order valence-corrected chi connectivity index (χ2v) is 6.31. The van der Waals surface area contributed by atoms with Crippen LogP contribution in [0.1, 0.15) is 58.6 Å². The summed E-state index contributed by atoms with van der Waals surface area (Å²) in [5.41, 5.74) is 1.04. The average Bonchev–Trinajstić information content (AvgIpc) is 2.46. The highest BCUT2D eigenvalue weighted by Crippen LogP contribution is 2.40. The second-order valence-electron chi connectivity index (χ2n) is 6.31. The van der Waals surface area contributed by atoms with Gasteiger partial charge in [0.2, 0.25) is 0 Å². The molecule has 1 heterocycles. The fourth-order valence-electron chi connectivity index (χ4n) is 3.12. The molecule has 0 bridgehead atoms. The van der Waals surface area contributed by atoms with Crippen LogP contribution in [0.15, 0.2) is 24.3 Å². The van der Waals surface area contributed by atoms with E-state index in [0.717, 1.165) is 25.3 Å². The third-order valence-electron chi connectivity index (χ3n) is 4.11. The molecular weight excluding hydrogens is 262 g/mol. The van der Waals surface area contributed by atoms with Gasteiger partial charge in [-0.1, -0.05) is 25.1 Å². The average molecular weight is 291 g/mol. The highest BCUT2D eigenvalue weighted by atomic mass is 16.5. The Morgan fingerprint density at radius 2 is 2.05 bits per heavy atom. The van der Waals surface area contributed by atoms with Crippen molar-refractivity contribution in [2.24, 2.45) is 0 Å². The van der Waals surface area contributed by atoms with E-state index in [1.54, 1.807) is 0 Å². The van der Waals surface area contributed by atoms with Gasteiger partial charge in [0.25, 0.3) is 0 Å². The lowest BCUT2D eigenvalue weighted by Crippen LogP contribution is -2.46. The summed E-state index contributed by atoms with van der Waals surface area (Å²) >= 11 is 0. The summed E-state index contributed by atoms with van der Waals surface area (Å²) in [5.74, 6) is 0.967. The SMILES string of the molecule is CCNC(c1ccccc1OC(C)C)C1(C)CCCCO1. The molecule has 0 radical (unpaired) electrons. The number of para-hydroxylation sites is 1. The van der Waals surface area contributed by atoms with Gasteiger partial charge in [-0.05, 0) is 52.6 Å². The van der Waals surface area contributed by atoms with E-state index < -0.39 is 0 Å². The molecule has 118 valence electrons. The van der Waals surface area contributed by atoms with Crippen molar-refractivity contribution in [3.05, 3.63) is 29.8 Å².